The lowest BCUT2D eigenvalue weighted by atomic mass is 9.95. The van der Waals surface area contributed by atoms with Crippen LogP contribution in [0.1, 0.15) is 31.2 Å². The van der Waals surface area contributed by atoms with Gasteiger partial charge in [0.1, 0.15) is 6.61 Å². The van der Waals surface area contributed by atoms with Crippen molar-refractivity contribution < 1.29 is 9.15 Å². The van der Waals surface area contributed by atoms with Crippen molar-refractivity contribution in [1.29, 1.82) is 0 Å². The van der Waals surface area contributed by atoms with Crippen molar-refractivity contribution in [3.63, 3.8) is 0 Å². The van der Waals surface area contributed by atoms with Gasteiger partial charge in [-0.25, -0.2) is 0 Å². The van der Waals surface area contributed by atoms with Gasteiger partial charge in [0.15, 0.2) is 0 Å². The molecule has 0 saturated heterocycles. The molecule has 21 heavy (non-hydrogen) atoms. The summed E-state index contributed by atoms with van der Waals surface area (Å²) in [6.45, 7) is 8.86. The Morgan fingerprint density at radius 1 is 1.19 bits per heavy atom. The third kappa shape index (κ3) is 5.65. The fourth-order valence-corrected chi connectivity index (χ4v) is 2.00. The van der Waals surface area contributed by atoms with Gasteiger partial charge in [-0.2, -0.15) is 0 Å². The summed E-state index contributed by atoms with van der Waals surface area (Å²) in [4.78, 5) is 0. The molecule has 1 N–H and O–H groups in total. The molecule has 1 aromatic carbocycles. The van der Waals surface area contributed by atoms with Gasteiger partial charge in [-0.05, 0) is 5.56 Å². The number of nitrogens with zero attached hydrogens (tertiary/aromatic N) is 2. The number of rotatable bonds is 8. The lowest BCUT2D eigenvalue weighted by Crippen LogP contribution is -2.33. The van der Waals surface area contributed by atoms with Crippen molar-refractivity contribution in [2.24, 2.45) is 5.41 Å². The number of hydrogen-bond donors (Lipinski definition) is 1. The van der Waals surface area contributed by atoms with Crippen LogP contribution in [0.4, 0.5) is 0 Å². The molecular weight excluding hydrogens is 266 g/mol. The van der Waals surface area contributed by atoms with E-state index >= 15 is 0 Å². The average Bonchev–Trinajstić information content (AvgIpc) is 2.85. The van der Waals surface area contributed by atoms with Gasteiger partial charge >= 0.3 is 0 Å². The Morgan fingerprint density at radius 2 is 1.95 bits per heavy atom. The number of ether oxygens (including phenoxy) is 1. The van der Waals surface area contributed by atoms with Gasteiger partial charge in [0.2, 0.25) is 11.8 Å². The average molecular weight is 289 g/mol. The maximum Gasteiger partial charge on any atom is 0.242 e. The molecule has 1 aromatic heterocycles. The molecule has 0 spiro atoms. The summed E-state index contributed by atoms with van der Waals surface area (Å²) >= 11 is 0. The number of benzene rings is 1. The van der Waals surface area contributed by atoms with E-state index in [1.165, 1.54) is 5.56 Å². The Hall–Kier alpha value is -1.72. The van der Waals surface area contributed by atoms with Gasteiger partial charge < -0.3 is 14.5 Å². The van der Waals surface area contributed by atoms with E-state index < -0.39 is 0 Å². The summed E-state index contributed by atoms with van der Waals surface area (Å²) in [5.74, 6) is 1.10. The summed E-state index contributed by atoms with van der Waals surface area (Å²) in [6.07, 6.45) is 0. The Kier molecular flexibility index (Phi) is 5.47. The number of hydrogen-bond acceptors (Lipinski definition) is 5. The van der Waals surface area contributed by atoms with Gasteiger partial charge in [0.05, 0.1) is 6.61 Å². The van der Waals surface area contributed by atoms with Crippen LogP contribution in [-0.2, 0) is 17.9 Å². The first-order chi connectivity index (χ1) is 10.1. The summed E-state index contributed by atoms with van der Waals surface area (Å²) in [5, 5.41) is 11.1. The van der Waals surface area contributed by atoms with Crippen molar-refractivity contribution in [1.82, 2.24) is 15.5 Å². The minimum Gasteiger partial charge on any atom is -0.423 e. The molecule has 2 rings (SSSR count). The topological polar surface area (TPSA) is 60.2 Å². The first kappa shape index (κ1) is 15.7. The van der Waals surface area contributed by atoms with E-state index in [2.05, 4.69) is 53.6 Å². The Morgan fingerprint density at radius 3 is 2.62 bits per heavy atom. The molecule has 0 aliphatic rings. The molecule has 0 radical (unpaired) electrons. The lowest BCUT2D eigenvalue weighted by molar-refractivity contribution is 0.0397. The molecule has 0 aliphatic carbocycles. The monoisotopic (exact) mass is 289 g/mol. The standard InChI is InChI=1S/C16H23N3O2/c1-13-18-19-15(21-13)10-20-12-16(2,3)11-17-9-14-7-5-4-6-8-14/h4-8,17H,9-12H2,1-3H3. The smallest absolute Gasteiger partial charge is 0.242 e. The third-order valence-electron chi connectivity index (χ3n) is 3.06. The van der Waals surface area contributed by atoms with E-state index in [1.54, 1.807) is 6.92 Å². The Labute approximate surface area is 125 Å². The highest BCUT2D eigenvalue weighted by Gasteiger charge is 2.18. The van der Waals surface area contributed by atoms with Crippen molar-refractivity contribution in [3.05, 3.63) is 47.7 Å². The zero-order chi connectivity index (χ0) is 15.1. The van der Waals surface area contributed by atoms with E-state index in [-0.39, 0.29) is 5.41 Å². The zero-order valence-corrected chi connectivity index (χ0v) is 12.9. The number of nitrogens with one attached hydrogen (secondary N) is 1. The van der Waals surface area contributed by atoms with E-state index in [1.807, 2.05) is 6.07 Å². The van der Waals surface area contributed by atoms with Crippen LogP contribution >= 0.6 is 0 Å². The first-order valence-electron chi connectivity index (χ1n) is 7.16. The summed E-state index contributed by atoms with van der Waals surface area (Å²) in [6, 6.07) is 10.4. The highest BCUT2D eigenvalue weighted by atomic mass is 16.5. The fourth-order valence-electron chi connectivity index (χ4n) is 2.00. The van der Waals surface area contributed by atoms with Gasteiger partial charge in [-0.15, -0.1) is 10.2 Å². The Bertz CT molecular complexity index is 537. The van der Waals surface area contributed by atoms with Crippen LogP contribution < -0.4 is 5.32 Å². The van der Waals surface area contributed by atoms with Gasteiger partial charge in [0.25, 0.3) is 0 Å². The molecule has 0 bridgehead atoms. The Balaban J connectivity index is 1.66. The molecule has 0 aliphatic heterocycles. The van der Waals surface area contributed by atoms with E-state index in [0.717, 1.165) is 13.1 Å². The molecule has 2 aromatic rings. The first-order valence-corrected chi connectivity index (χ1v) is 7.16. The third-order valence-corrected chi connectivity index (χ3v) is 3.06. The van der Waals surface area contributed by atoms with E-state index in [0.29, 0.717) is 25.0 Å². The zero-order valence-electron chi connectivity index (χ0n) is 12.9. The fraction of sp³-hybridized carbons (Fsp3) is 0.500. The van der Waals surface area contributed by atoms with E-state index in [9.17, 15) is 0 Å². The van der Waals surface area contributed by atoms with Crippen molar-refractivity contribution in [3.8, 4) is 0 Å². The lowest BCUT2D eigenvalue weighted by Gasteiger charge is -2.24. The molecule has 0 unspecified atom stereocenters. The summed E-state index contributed by atoms with van der Waals surface area (Å²) in [5.41, 5.74) is 1.33. The minimum absolute atomic E-state index is 0.0455. The van der Waals surface area contributed by atoms with Crippen LogP contribution in [0.25, 0.3) is 0 Å². The summed E-state index contributed by atoms with van der Waals surface area (Å²) in [7, 11) is 0. The number of aromatic nitrogens is 2. The second-order valence-corrected chi connectivity index (χ2v) is 5.96. The molecule has 114 valence electrons. The molecule has 0 saturated carbocycles. The molecule has 0 amide bonds. The van der Waals surface area contributed by atoms with Crippen molar-refractivity contribution >= 4 is 0 Å². The maximum atomic E-state index is 5.66. The van der Waals surface area contributed by atoms with Gasteiger partial charge in [-0.1, -0.05) is 44.2 Å². The van der Waals surface area contributed by atoms with Gasteiger partial charge in [0, 0.05) is 25.4 Å². The largest absolute Gasteiger partial charge is 0.423 e. The molecule has 0 atom stereocenters. The van der Waals surface area contributed by atoms with Crippen LogP contribution in [0.2, 0.25) is 0 Å². The maximum absolute atomic E-state index is 5.66. The second kappa shape index (κ2) is 7.33. The second-order valence-electron chi connectivity index (χ2n) is 5.96. The van der Waals surface area contributed by atoms with Crippen molar-refractivity contribution in [2.75, 3.05) is 13.2 Å². The molecule has 0 fully saturated rings. The van der Waals surface area contributed by atoms with Crippen LogP contribution in [0.15, 0.2) is 34.7 Å². The highest BCUT2D eigenvalue weighted by molar-refractivity contribution is 5.14. The van der Waals surface area contributed by atoms with Crippen molar-refractivity contribution in [2.45, 2.75) is 33.9 Å². The molecule has 5 heteroatoms. The van der Waals surface area contributed by atoms with Crippen LogP contribution in [-0.4, -0.2) is 23.3 Å². The van der Waals surface area contributed by atoms with Crippen LogP contribution in [0.3, 0.4) is 0 Å². The van der Waals surface area contributed by atoms with Crippen LogP contribution in [0, 0.1) is 12.3 Å². The minimum atomic E-state index is 0.0455. The molecule has 1 heterocycles. The number of aryl methyl sites for hydroxylation is 1. The normalized spacial score (nSPS) is 11.8. The van der Waals surface area contributed by atoms with Gasteiger partial charge in [-0.3, -0.25) is 0 Å². The van der Waals surface area contributed by atoms with E-state index in [4.69, 9.17) is 9.15 Å². The predicted octanol–water partition coefficient (Wildman–Crippen LogP) is 2.71. The van der Waals surface area contributed by atoms with Crippen LogP contribution in [0.5, 0.6) is 0 Å². The highest BCUT2D eigenvalue weighted by Crippen LogP contribution is 2.15. The molecular formula is C16H23N3O2. The predicted molar refractivity (Wildman–Crippen MR) is 80.6 cm³/mol. The summed E-state index contributed by atoms with van der Waals surface area (Å²) < 4.78 is 10.9. The molecule has 5 nitrogen and oxygen atoms in total. The SMILES string of the molecule is Cc1nnc(COCC(C)(C)CNCc2ccccc2)o1. The quantitative estimate of drug-likeness (QED) is 0.809.